The van der Waals surface area contributed by atoms with Crippen LogP contribution in [0, 0.1) is 0 Å². The summed E-state index contributed by atoms with van der Waals surface area (Å²) in [6.45, 7) is 3.44. The minimum Gasteiger partial charge on any atom is -0.496 e. The summed E-state index contributed by atoms with van der Waals surface area (Å²) in [6.07, 6.45) is 0. The molecule has 0 bridgehead atoms. The van der Waals surface area contributed by atoms with Gasteiger partial charge in [-0.15, -0.1) is 0 Å². The predicted molar refractivity (Wildman–Crippen MR) is 85.6 cm³/mol. The first-order chi connectivity index (χ1) is 9.72. The van der Waals surface area contributed by atoms with E-state index in [4.69, 9.17) is 9.47 Å². The van der Waals surface area contributed by atoms with Gasteiger partial charge in [0.05, 0.1) is 18.2 Å². The van der Waals surface area contributed by atoms with Crippen LogP contribution >= 0.6 is 15.9 Å². The Morgan fingerprint density at radius 2 is 1.85 bits per heavy atom. The molecule has 0 unspecified atom stereocenters. The van der Waals surface area contributed by atoms with Gasteiger partial charge in [0.25, 0.3) is 0 Å². The number of ether oxygens (including phenoxy) is 2. The Bertz CT molecular complexity index is 555. The van der Waals surface area contributed by atoms with E-state index >= 15 is 0 Å². The van der Waals surface area contributed by atoms with Crippen LogP contribution in [0.15, 0.2) is 46.9 Å². The Labute approximate surface area is 128 Å². The molecular formula is C16H18BrNO2. The lowest BCUT2D eigenvalue weighted by atomic mass is 10.2. The molecule has 0 amide bonds. The van der Waals surface area contributed by atoms with Gasteiger partial charge in [-0.25, -0.2) is 0 Å². The molecule has 0 radical (unpaired) electrons. The van der Waals surface area contributed by atoms with Crippen LogP contribution < -0.4 is 14.8 Å². The van der Waals surface area contributed by atoms with E-state index in [9.17, 15) is 0 Å². The third-order valence-corrected chi connectivity index (χ3v) is 3.50. The minimum atomic E-state index is 0.692. The number of rotatable bonds is 6. The van der Waals surface area contributed by atoms with Crippen LogP contribution in [-0.4, -0.2) is 13.7 Å². The number of hydrogen-bond donors (Lipinski definition) is 1. The molecule has 0 saturated carbocycles. The van der Waals surface area contributed by atoms with Crippen molar-refractivity contribution in [2.75, 3.05) is 19.0 Å². The highest BCUT2D eigenvalue weighted by Gasteiger charge is 2.01. The quantitative estimate of drug-likeness (QED) is 0.844. The molecule has 106 valence electrons. The third kappa shape index (κ3) is 3.90. The molecule has 4 heteroatoms. The molecule has 2 aromatic rings. The van der Waals surface area contributed by atoms with Crippen molar-refractivity contribution in [1.82, 2.24) is 0 Å². The molecular weight excluding hydrogens is 318 g/mol. The first-order valence-electron chi connectivity index (χ1n) is 6.52. The van der Waals surface area contributed by atoms with E-state index in [1.165, 1.54) is 5.56 Å². The van der Waals surface area contributed by atoms with Crippen LogP contribution in [0.3, 0.4) is 0 Å². The molecule has 0 atom stereocenters. The lowest BCUT2D eigenvalue weighted by molar-refractivity contribution is 0.340. The van der Waals surface area contributed by atoms with Gasteiger partial charge in [-0.1, -0.05) is 12.1 Å². The van der Waals surface area contributed by atoms with Crippen molar-refractivity contribution in [3.8, 4) is 11.5 Å². The molecule has 0 heterocycles. The zero-order chi connectivity index (χ0) is 14.4. The maximum atomic E-state index is 5.42. The number of methoxy groups -OCH3 is 1. The zero-order valence-corrected chi connectivity index (χ0v) is 13.2. The zero-order valence-electron chi connectivity index (χ0n) is 11.7. The topological polar surface area (TPSA) is 30.5 Å². The first kappa shape index (κ1) is 14.7. The highest BCUT2D eigenvalue weighted by molar-refractivity contribution is 9.10. The average Bonchev–Trinajstić information content (AvgIpc) is 2.47. The second-order valence-electron chi connectivity index (χ2n) is 4.28. The Balaban J connectivity index is 1.96. The van der Waals surface area contributed by atoms with E-state index in [1.54, 1.807) is 7.11 Å². The molecule has 0 fully saturated rings. The Morgan fingerprint density at radius 1 is 1.10 bits per heavy atom. The van der Waals surface area contributed by atoms with Crippen molar-refractivity contribution in [2.45, 2.75) is 13.5 Å². The lowest BCUT2D eigenvalue weighted by Gasteiger charge is -2.10. The van der Waals surface area contributed by atoms with Crippen molar-refractivity contribution < 1.29 is 9.47 Å². The molecule has 2 rings (SSSR count). The second-order valence-corrected chi connectivity index (χ2v) is 5.13. The van der Waals surface area contributed by atoms with E-state index in [1.807, 2.05) is 37.3 Å². The van der Waals surface area contributed by atoms with E-state index in [-0.39, 0.29) is 0 Å². The van der Waals surface area contributed by atoms with Gasteiger partial charge in [0, 0.05) is 12.2 Å². The highest BCUT2D eigenvalue weighted by atomic mass is 79.9. The standard InChI is InChI=1S/C16H18BrNO2/c1-3-20-14-7-4-12(5-8-14)11-18-13-6-9-16(19-2)15(17)10-13/h4-10,18H,3,11H2,1-2H3. The van der Waals surface area contributed by atoms with Gasteiger partial charge in [0.2, 0.25) is 0 Å². The summed E-state index contributed by atoms with van der Waals surface area (Å²) < 4.78 is 11.6. The average molecular weight is 336 g/mol. The number of nitrogens with one attached hydrogen (secondary N) is 1. The summed E-state index contributed by atoms with van der Waals surface area (Å²) in [4.78, 5) is 0. The van der Waals surface area contributed by atoms with E-state index < -0.39 is 0 Å². The third-order valence-electron chi connectivity index (χ3n) is 2.88. The molecule has 0 spiro atoms. The molecule has 0 aliphatic carbocycles. The summed E-state index contributed by atoms with van der Waals surface area (Å²) in [7, 11) is 1.66. The molecule has 0 aliphatic heterocycles. The number of benzene rings is 2. The molecule has 0 aliphatic rings. The van der Waals surface area contributed by atoms with Gasteiger partial charge in [-0.05, 0) is 58.7 Å². The molecule has 2 aromatic carbocycles. The Kier molecular flexibility index (Phi) is 5.30. The van der Waals surface area contributed by atoms with Gasteiger partial charge in [-0.2, -0.15) is 0 Å². The molecule has 3 nitrogen and oxygen atoms in total. The van der Waals surface area contributed by atoms with E-state index in [0.29, 0.717) is 6.61 Å². The lowest BCUT2D eigenvalue weighted by Crippen LogP contribution is -2.00. The van der Waals surface area contributed by atoms with Crippen LogP contribution in [0.1, 0.15) is 12.5 Å². The van der Waals surface area contributed by atoms with Gasteiger partial charge in [0.1, 0.15) is 11.5 Å². The van der Waals surface area contributed by atoms with Crippen LogP contribution in [0.25, 0.3) is 0 Å². The molecule has 1 N–H and O–H groups in total. The van der Waals surface area contributed by atoms with Crippen LogP contribution in [0.5, 0.6) is 11.5 Å². The van der Waals surface area contributed by atoms with Gasteiger partial charge in [-0.3, -0.25) is 0 Å². The number of anilines is 1. The van der Waals surface area contributed by atoms with Gasteiger partial charge >= 0.3 is 0 Å². The van der Waals surface area contributed by atoms with Crippen LogP contribution in [0.2, 0.25) is 0 Å². The smallest absolute Gasteiger partial charge is 0.133 e. The second kappa shape index (κ2) is 7.20. The maximum absolute atomic E-state index is 5.42. The normalized spacial score (nSPS) is 10.2. The van der Waals surface area contributed by atoms with Crippen LogP contribution in [-0.2, 0) is 6.54 Å². The van der Waals surface area contributed by atoms with E-state index in [0.717, 1.165) is 28.2 Å². The molecule has 20 heavy (non-hydrogen) atoms. The summed E-state index contributed by atoms with van der Waals surface area (Å²) in [5, 5.41) is 3.38. The fourth-order valence-electron chi connectivity index (χ4n) is 1.85. The largest absolute Gasteiger partial charge is 0.496 e. The molecule has 0 aromatic heterocycles. The van der Waals surface area contributed by atoms with E-state index in [2.05, 4.69) is 33.4 Å². The molecule has 0 saturated heterocycles. The van der Waals surface area contributed by atoms with Crippen molar-refractivity contribution in [3.05, 3.63) is 52.5 Å². The van der Waals surface area contributed by atoms with Gasteiger partial charge < -0.3 is 14.8 Å². The highest BCUT2D eigenvalue weighted by Crippen LogP contribution is 2.27. The van der Waals surface area contributed by atoms with Crippen molar-refractivity contribution >= 4 is 21.6 Å². The van der Waals surface area contributed by atoms with Crippen LogP contribution in [0.4, 0.5) is 5.69 Å². The minimum absolute atomic E-state index is 0.692. The predicted octanol–water partition coefficient (Wildman–Crippen LogP) is 4.47. The van der Waals surface area contributed by atoms with Crippen molar-refractivity contribution in [1.29, 1.82) is 0 Å². The maximum Gasteiger partial charge on any atom is 0.133 e. The Hall–Kier alpha value is -1.68. The Morgan fingerprint density at radius 3 is 2.45 bits per heavy atom. The number of hydrogen-bond acceptors (Lipinski definition) is 3. The van der Waals surface area contributed by atoms with Crippen molar-refractivity contribution in [3.63, 3.8) is 0 Å². The summed E-state index contributed by atoms with van der Waals surface area (Å²) in [5.74, 6) is 1.74. The SMILES string of the molecule is CCOc1ccc(CNc2ccc(OC)c(Br)c2)cc1. The van der Waals surface area contributed by atoms with Crippen molar-refractivity contribution in [2.24, 2.45) is 0 Å². The summed E-state index contributed by atoms with van der Waals surface area (Å²) in [6, 6.07) is 14.1. The fraction of sp³-hybridized carbons (Fsp3) is 0.250. The van der Waals surface area contributed by atoms with Gasteiger partial charge in [0.15, 0.2) is 0 Å². The fourth-order valence-corrected chi connectivity index (χ4v) is 2.39. The number of halogens is 1. The summed E-state index contributed by atoms with van der Waals surface area (Å²) in [5.41, 5.74) is 2.26. The first-order valence-corrected chi connectivity index (χ1v) is 7.31. The summed E-state index contributed by atoms with van der Waals surface area (Å²) >= 11 is 3.48. The monoisotopic (exact) mass is 335 g/mol.